The van der Waals surface area contributed by atoms with Gasteiger partial charge in [-0.25, -0.2) is 0 Å². The number of carboxylic acids is 1. The van der Waals surface area contributed by atoms with Crippen LogP contribution in [0.1, 0.15) is 103 Å². The van der Waals surface area contributed by atoms with Crippen LogP contribution in [-0.4, -0.2) is 121 Å². The normalized spacial score (nSPS) is 45.2. The van der Waals surface area contributed by atoms with Crippen LogP contribution in [0.5, 0.6) is 0 Å². The second kappa shape index (κ2) is 18.2. The number of aliphatic hydroxyl groups excluding tert-OH is 4. The van der Waals surface area contributed by atoms with Gasteiger partial charge in [-0.1, -0.05) is 0 Å². The number of carbonyl (C=O) groups is 1. The summed E-state index contributed by atoms with van der Waals surface area (Å²) >= 11 is 0. The Bertz CT molecular complexity index is 1030. The number of hydrogen-bond acceptors (Lipinski definition) is 11. The number of carbonyl (C=O) groups excluding carboxylic acids is 1. The first-order valence-electron chi connectivity index (χ1n) is 19.2. The number of aliphatic hydroxyl groups is 4. The minimum atomic E-state index is -1.03. The van der Waals surface area contributed by atoms with Crippen molar-refractivity contribution in [1.29, 1.82) is 0 Å². The van der Waals surface area contributed by atoms with Crippen LogP contribution >= 0.6 is 0 Å². The molecule has 0 radical (unpaired) electrons. The van der Waals surface area contributed by atoms with Gasteiger partial charge in [-0.2, -0.15) is 0 Å². The van der Waals surface area contributed by atoms with Crippen LogP contribution in [0.15, 0.2) is 0 Å². The molecule has 5 aliphatic rings. The van der Waals surface area contributed by atoms with Crippen molar-refractivity contribution < 1.29 is 59.9 Å². The maximum Gasteiger partial charge on any atom is 0.144 e. The molecule has 0 aromatic heterocycles. The second-order valence-corrected chi connectivity index (χ2v) is 16.5. The summed E-state index contributed by atoms with van der Waals surface area (Å²) in [6, 6.07) is 0.243. The van der Waals surface area contributed by atoms with Gasteiger partial charge in [-0.05, 0) is 115 Å². The topological polar surface area (TPSA) is 217 Å². The van der Waals surface area contributed by atoms with E-state index >= 15 is 0 Å². The van der Waals surface area contributed by atoms with Crippen LogP contribution in [0.3, 0.4) is 0 Å². The number of quaternary nitrogens is 2. The molecule has 0 amide bonds. The van der Waals surface area contributed by atoms with E-state index in [0.717, 1.165) is 57.9 Å². The van der Waals surface area contributed by atoms with Crippen LogP contribution in [0.4, 0.5) is 0 Å². The van der Waals surface area contributed by atoms with Crippen molar-refractivity contribution in [1.82, 2.24) is 0 Å². The van der Waals surface area contributed by atoms with E-state index in [0.29, 0.717) is 63.0 Å². The molecule has 10 N–H and O–H groups in total. The third-order valence-electron chi connectivity index (χ3n) is 12.9. The van der Waals surface area contributed by atoms with Crippen molar-refractivity contribution in [3.05, 3.63) is 0 Å². The van der Waals surface area contributed by atoms with Gasteiger partial charge < -0.3 is 59.9 Å². The van der Waals surface area contributed by atoms with E-state index in [-0.39, 0.29) is 42.9 Å². The third kappa shape index (κ3) is 10.6. The largest absolute Gasteiger partial charge is 0.550 e. The molecule has 13 nitrogen and oxygen atoms in total. The summed E-state index contributed by atoms with van der Waals surface area (Å²) in [5.41, 5.74) is 5.81. The molecule has 5 rings (SSSR count). The number of aliphatic carboxylic acids is 1. The van der Waals surface area contributed by atoms with Crippen LogP contribution in [0, 0.1) is 23.2 Å². The van der Waals surface area contributed by atoms with Crippen molar-refractivity contribution in [2.75, 3.05) is 27.1 Å². The molecular formula is C36H66N3O10+. The highest BCUT2D eigenvalue weighted by Crippen LogP contribution is 2.43. The molecule has 0 aromatic carbocycles. The predicted octanol–water partition coefficient (Wildman–Crippen LogP) is -1.77. The molecule has 0 aromatic rings. The van der Waals surface area contributed by atoms with Gasteiger partial charge >= 0.3 is 0 Å². The van der Waals surface area contributed by atoms with E-state index in [9.17, 15) is 30.3 Å². The first-order valence-corrected chi connectivity index (χ1v) is 19.2. The maximum absolute atomic E-state index is 12.2. The Hall–Kier alpha value is -0.970. The average Bonchev–Trinajstić information content (AvgIpc) is 3.05. The van der Waals surface area contributed by atoms with Gasteiger partial charge in [-0.15, -0.1) is 0 Å². The lowest BCUT2D eigenvalue weighted by Gasteiger charge is -2.48. The van der Waals surface area contributed by atoms with Crippen LogP contribution in [0.2, 0.25) is 0 Å². The number of piperidine rings is 2. The van der Waals surface area contributed by atoms with Crippen molar-refractivity contribution in [2.24, 2.45) is 28.9 Å². The zero-order chi connectivity index (χ0) is 35.1. The van der Waals surface area contributed by atoms with E-state index in [2.05, 4.69) is 17.6 Å². The van der Waals surface area contributed by atoms with Gasteiger partial charge in [-0.3, -0.25) is 5.73 Å². The fraction of sp³-hybridized carbons (Fsp3) is 0.972. The highest BCUT2D eigenvalue weighted by atomic mass is 16.6. The molecule has 9 unspecified atom stereocenters. The van der Waals surface area contributed by atoms with Gasteiger partial charge in [0.15, 0.2) is 0 Å². The number of ether oxygens (including phenoxy) is 4. The zero-order valence-electron chi connectivity index (χ0n) is 29.8. The molecule has 5 fully saturated rings. The molecular weight excluding hydrogens is 634 g/mol. The number of nitrogens with two attached hydrogens (primary N) is 3. The molecule has 3 saturated heterocycles. The Balaban J connectivity index is 1.22. The Labute approximate surface area is 292 Å². The van der Waals surface area contributed by atoms with Gasteiger partial charge in [0.1, 0.15) is 25.1 Å². The molecule has 2 saturated carbocycles. The standard InChI is InChI=1S/C36H65N3O10/c1-21-7-9-36(18-34(43)44,17-23-8-10-38-33(37)12-23)32(39-21)19-47-31-14-24(13-30(46-2)35(31)45)28-16-25(41)15-26(49-28)5-3-22-4-6-27(42)29(11-22)48-20-40/h21-33,35,38-42,45H,3-20,37H2,1-2H3,(H,43,44)/p+1/t21-,22?,23?,24?,25+,26+,27?,28-,29?,30?,31?,32-,33?,35?,36-/m1/s1. The number of methoxy groups -OCH3 is 1. The summed E-state index contributed by atoms with van der Waals surface area (Å²) in [7, 11) is 1.61. The molecule has 284 valence electrons. The Morgan fingerprint density at radius 1 is 0.959 bits per heavy atom. The summed E-state index contributed by atoms with van der Waals surface area (Å²) in [6.07, 6.45) is 7.15. The average molecular weight is 701 g/mol. The van der Waals surface area contributed by atoms with Gasteiger partial charge in [0.25, 0.3) is 0 Å². The molecule has 15 atom stereocenters. The first kappa shape index (κ1) is 39.2. The lowest BCUT2D eigenvalue weighted by Crippen LogP contribution is -3.00. The number of carboxylic acid groups (broad SMARTS) is 1. The van der Waals surface area contributed by atoms with Crippen LogP contribution in [-0.2, 0) is 23.7 Å². The summed E-state index contributed by atoms with van der Waals surface area (Å²) in [5.74, 6) is -0.295. The molecule has 49 heavy (non-hydrogen) atoms. The minimum absolute atomic E-state index is 0.0119. The summed E-state index contributed by atoms with van der Waals surface area (Å²) in [6.45, 7) is 3.05. The number of rotatable bonds is 14. The molecule has 3 heterocycles. The smallest absolute Gasteiger partial charge is 0.144 e. The molecule has 0 bridgehead atoms. The SMILES string of the molecule is COC1CC([C@H]2C[C@@H](O)C[C@H](CCC3CCC(O)C(OCO)C3)O2)CC(OC[C@H]2[NH2+][C@H](C)CC[C@]2(CC(=O)[O-])CC2CC[NH2+]C(N)C2)C1O. The maximum atomic E-state index is 12.2. The lowest BCUT2D eigenvalue weighted by molar-refractivity contribution is -0.744. The van der Waals surface area contributed by atoms with Crippen molar-refractivity contribution in [3.63, 3.8) is 0 Å². The monoisotopic (exact) mass is 700 g/mol. The molecule has 13 heteroatoms. The van der Waals surface area contributed by atoms with Crippen molar-refractivity contribution in [2.45, 2.75) is 170 Å². The van der Waals surface area contributed by atoms with Gasteiger partial charge in [0.05, 0.1) is 61.9 Å². The molecule has 0 spiro atoms. The molecule has 2 aliphatic carbocycles. The van der Waals surface area contributed by atoms with E-state index in [1.54, 1.807) is 7.11 Å². The van der Waals surface area contributed by atoms with E-state index in [1.165, 1.54) is 0 Å². The first-order chi connectivity index (χ1) is 23.5. The lowest BCUT2D eigenvalue weighted by atomic mass is 9.64. The van der Waals surface area contributed by atoms with Gasteiger partial charge in [0, 0.05) is 24.9 Å². The second-order valence-electron chi connectivity index (χ2n) is 16.5. The van der Waals surface area contributed by atoms with E-state index < -0.39 is 48.7 Å². The third-order valence-corrected chi connectivity index (χ3v) is 12.9. The van der Waals surface area contributed by atoms with Crippen molar-refractivity contribution in [3.8, 4) is 0 Å². The quantitative estimate of drug-likeness (QED) is 0.101. The highest BCUT2D eigenvalue weighted by Gasteiger charge is 2.49. The van der Waals surface area contributed by atoms with E-state index in [1.807, 2.05) is 0 Å². The van der Waals surface area contributed by atoms with Crippen molar-refractivity contribution >= 4 is 5.97 Å². The fourth-order valence-corrected chi connectivity index (χ4v) is 10.2. The fourth-order valence-electron chi connectivity index (χ4n) is 10.2. The Morgan fingerprint density at radius 2 is 1.76 bits per heavy atom. The Morgan fingerprint density at radius 3 is 2.49 bits per heavy atom. The Kier molecular flexibility index (Phi) is 14.6. The summed E-state index contributed by atoms with van der Waals surface area (Å²) in [4.78, 5) is 12.2. The highest BCUT2D eigenvalue weighted by molar-refractivity contribution is 5.65. The number of hydrogen-bond donors (Lipinski definition) is 7. The predicted molar refractivity (Wildman–Crippen MR) is 176 cm³/mol. The zero-order valence-corrected chi connectivity index (χ0v) is 29.8. The van der Waals surface area contributed by atoms with Gasteiger partial charge in [0.2, 0.25) is 0 Å². The van der Waals surface area contributed by atoms with Crippen LogP contribution in [0.25, 0.3) is 0 Å². The summed E-state index contributed by atoms with van der Waals surface area (Å²) in [5, 5.41) is 58.4. The van der Waals surface area contributed by atoms with E-state index in [4.69, 9.17) is 24.7 Å². The minimum Gasteiger partial charge on any atom is -0.550 e. The van der Waals surface area contributed by atoms with Crippen LogP contribution < -0.4 is 21.5 Å². The molecule has 3 aliphatic heterocycles. The summed E-state index contributed by atoms with van der Waals surface area (Å²) < 4.78 is 24.4.